The summed E-state index contributed by atoms with van der Waals surface area (Å²) in [6, 6.07) is 0. The van der Waals surface area contributed by atoms with Crippen LogP contribution >= 0.6 is 11.8 Å². The van der Waals surface area contributed by atoms with Crippen molar-refractivity contribution in [1.82, 2.24) is 5.32 Å². The number of hydrogen-bond acceptors (Lipinski definition) is 3. The topological polar surface area (TPSA) is 49.3 Å². The first kappa shape index (κ1) is 13.8. The van der Waals surface area contributed by atoms with E-state index in [1.807, 2.05) is 6.92 Å². The van der Waals surface area contributed by atoms with Crippen LogP contribution in [-0.4, -0.2) is 35.7 Å². The van der Waals surface area contributed by atoms with Crippen molar-refractivity contribution in [1.29, 1.82) is 0 Å². The minimum atomic E-state index is 0.0915. The van der Waals surface area contributed by atoms with E-state index in [-0.39, 0.29) is 18.4 Å². The molecule has 2 N–H and O–H groups in total. The Bertz CT molecular complexity index is 162. The first-order chi connectivity index (χ1) is 6.56. The summed E-state index contributed by atoms with van der Waals surface area (Å²) in [6.45, 7) is 7.05. The third kappa shape index (κ3) is 8.38. The highest BCUT2D eigenvalue weighted by atomic mass is 32.2. The van der Waals surface area contributed by atoms with Crippen molar-refractivity contribution in [2.45, 2.75) is 20.8 Å². The van der Waals surface area contributed by atoms with Crippen LogP contribution < -0.4 is 5.32 Å². The molecule has 0 aromatic rings. The highest BCUT2D eigenvalue weighted by Gasteiger charge is 2.04. The molecule has 0 aliphatic heterocycles. The van der Waals surface area contributed by atoms with Crippen molar-refractivity contribution >= 4 is 17.7 Å². The Balaban J connectivity index is 3.35. The minimum absolute atomic E-state index is 0.0915. The lowest BCUT2D eigenvalue weighted by Crippen LogP contribution is -2.29. The summed E-state index contributed by atoms with van der Waals surface area (Å²) in [4.78, 5) is 11.2. The summed E-state index contributed by atoms with van der Waals surface area (Å²) < 4.78 is 0. The number of carbonyl (C=O) groups excluding carboxylic acids is 1. The molecular weight excluding hydrogens is 198 g/mol. The molecule has 0 spiro atoms. The van der Waals surface area contributed by atoms with Gasteiger partial charge in [0.25, 0.3) is 0 Å². The Morgan fingerprint density at radius 2 is 2.07 bits per heavy atom. The van der Waals surface area contributed by atoms with E-state index in [1.54, 1.807) is 11.8 Å². The normalized spacial score (nSPS) is 12.9. The quantitative estimate of drug-likeness (QED) is 0.674. The maximum absolute atomic E-state index is 11.2. The van der Waals surface area contributed by atoms with Gasteiger partial charge in [-0.1, -0.05) is 20.8 Å². The summed E-state index contributed by atoms with van der Waals surface area (Å²) in [7, 11) is 0. The number of aliphatic hydroxyl groups excluding tert-OH is 1. The molecular formula is C10H21NO2S. The van der Waals surface area contributed by atoms with Crippen LogP contribution in [0.3, 0.4) is 0 Å². The smallest absolute Gasteiger partial charge is 0.230 e. The van der Waals surface area contributed by atoms with Crippen LogP contribution in [0.25, 0.3) is 0 Å². The number of amides is 1. The van der Waals surface area contributed by atoms with E-state index < -0.39 is 0 Å². The first-order valence-electron chi connectivity index (χ1n) is 5.01. The molecule has 0 aromatic carbocycles. The lowest BCUT2D eigenvalue weighted by atomic mass is 10.2. The van der Waals surface area contributed by atoms with Gasteiger partial charge < -0.3 is 10.4 Å². The summed E-state index contributed by atoms with van der Waals surface area (Å²) in [5.74, 6) is 2.20. The van der Waals surface area contributed by atoms with Crippen LogP contribution in [0.5, 0.6) is 0 Å². The summed E-state index contributed by atoms with van der Waals surface area (Å²) in [6.07, 6.45) is 0. The summed E-state index contributed by atoms with van der Waals surface area (Å²) in [5.41, 5.74) is 0. The van der Waals surface area contributed by atoms with Gasteiger partial charge in [-0.05, 0) is 17.6 Å². The number of hydrogen-bond donors (Lipinski definition) is 2. The van der Waals surface area contributed by atoms with Crippen LogP contribution in [0.15, 0.2) is 0 Å². The third-order valence-corrected chi connectivity index (χ3v) is 2.93. The zero-order valence-corrected chi connectivity index (χ0v) is 10.1. The molecule has 0 aliphatic carbocycles. The number of nitrogens with one attached hydrogen (secondary N) is 1. The standard InChI is InChI=1S/C10H21NO2S/c1-8(2)4-11-10(13)7-14-6-9(3)5-12/h8-9,12H,4-7H2,1-3H3,(H,11,13). The second kappa shape index (κ2) is 8.12. The Hall–Kier alpha value is -0.220. The maximum Gasteiger partial charge on any atom is 0.230 e. The van der Waals surface area contributed by atoms with Gasteiger partial charge in [-0.15, -0.1) is 0 Å². The lowest BCUT2D eigenvalue weighted by molar-refractivity contribution is -0.118. The highest BCUT2D eigenvalue weighted by Crippen LogP contribution is 2.06. The third-order valence-electron chi connectivity index (χ3n) is 1.65. The van der Waals surface area contributed by atoms with Gasteiger partial charge in [0.1, 0.15) is 0 Å². The number of rotatable bonds is 7. The highest BCUT2D eigenvalue weighted by molar-refractivity contribution is 7.99. The Kier molecular flexibility index (Phi) is 7.99. The molecule has 0 saturated carbocycles. The second-order valence-corrected chi connectivity index (χ2v) is 5.03. The molecule has 3 nitrogen and oxygen atoms in total. The molecule has 14 heavy (non-hydrogen) atoms. The van der Waals surface area contributed by atoms with E-state index in [0.717, 1.165) is 12.3 Å². The summed E-state index contributed by atoms with van der Waals surface area (Å²) >= 11 is 1.57. The predicted octanol–water partition coefficient (Wildman–Crippen LogP) is 1.12. The van der Waals surface area contributed by atoms with E-state index in [4.69, 9.17) is 5.11 Å². The average Bonchev–Trinajstić information content (AvgIpc) is 2.14. The SMILES string of the molecule is CC(C)CNC(=O)CSCC(C)CO. The maximum atomic E-state index is 11.2. The Labute approximate surface area is 90.7 Å². The molecule has 0 fully saturated rings. The average molecular weight is 219 g/mol. The number of aliphatic hydroxyl groups is 1. The van der Waals surface area contributed by atoms with E-state index in [2.05, 4.69) is 19.2 Å². The molecule has 84 valence electrons. The van der Waals surface area contributed by atoms with Gasteiger partial charge in [-0.3, -0.25) is 4.79 Å². The van der Waals surface area contributed by atoms with E-state index in [9.17, 15) is 4.79 Å². The monoisotopic (exact) mass is 219 g/mol. The van der Waals surface area contributed by atoms with Gasteiger partial charge in [0.15, 0.2) is 0 Å². The molecule has 0 heterocycles. The molecule has 4 heteroatoms. The van der Waals surface area contributed by atoms with E-state index in [1.165, 1.54) is 0 Å². The Morgan fingerprint density at radius 1 is 1.43 bits per heavy atom. The van der Waals surface area contributed by atoms with Crippen molar-refractivity contribution < 1.29 is 9.90 Å². The fraction of sp³-hybridized carbons (Fsp3) is 0.900. The molecule has 0 saturated heterocycles. The first-order valence-corrected chi connectivity index (χ1v) is 6.17. The van der Waals surface area contributed by atoms with Crippen LogP contribution in [-0.2, 0) is 4.79 Å². The van der Waals surface area contributed by atoms with Crippen LogP contribution in [0.2, 0.25) is 0 Å². The fourth-order valence-electron chi connectivity index (χ4n) is 0.775. The lowest BCUT2D eigenvalue weighted by Gasteiger charge is -2.09. The summed E-state index contributed by atoms with van der Waals surface area (Å²) in [5, 5.41) is 11.6. The van der Waals surface area contributed by atoms with Gasteiger partial charge in [-0.25, -0.2) is 0 Å². The van der Waals surface area contributed by atoms with E-state index in [0.29, 0.717) is 11.7 Å². The van der Waals surface area contributed by atoms with Crippen molar-refractivity contribution in [3.63, 3.8) is 0 Å². The van der Waals surface area contributed by atoms with Crippen molar-refractivity contribution in [3.05, 3.63) is 0 Å². The van der Waals surface area contributed by atoms with Crippen LogP contribution in [0.4, 0.5) is 0 Å². The number of carbonyl (C=O) groups is 1. The van der Waals surface area contributed by atoms with E-state index >= 15 is 0 Å². The Morgan fingerprint density at radius 3 is 2.57 bits per heavy atom. The van der Waals surface area contributed by atoms with Crippen molar-refractivity contribution in [2.75, 3.05) is 24.7 Å². The second-order valence-electron chi connectivity index (χ2n) is 4.00. The largest absolute Gasteiger partial charge is 0.396 e. The van der Waals surface area contributed by atoms with Crippen LogP contribution in [0.1, 0.15) is 20.8 Å². The van der Waals surface area contributed by atoms with Gasteiger partial charge >= 0.3 is 0 Å². The molecule has 0 aromatic heterocycles. The van der Waals surface area contributed by atoms with Gasteiger partial charge in [0.05, 0.1) is 5.75 Å². The number of thioether (sulfide) groups is 1. The molecule has 0 radical (unpaired) electrons. The molecule has 1 unspecified atom stereocenters. The fourth-order valence-corrected chi connectivity index (χ4v) is 1.69. The molecule has 1 amide bonds. The molecule has 0 bridgehead atoms. The molecule has 0 rings (SSSR count). The van der Waals surface area contributed by atoms with Crippen molar-refractivity contribution in [3.8, 4) is 0 Å². The van der Waals surface area contributed by atoms with Crippen molar-refractivity contribution in [2.24, 2.45) is 11.8 Å². The zero-order chi connectivity index (χ0) is 11.0. The molecule has 0 aliphatic rings. The van der Waals surface area contributed by atoms with Gasteiger partial charge in [0.2, 0.25) is 5.91 Å². The van der Waals surface area contributed by atoms with Crippen LogP contribution in [0, 0.1) is 11.8 Å². The zero-order valence-electron chi connectivity index (χ0n) is 9.25. The van der Waals surface area contributed by atoms with Gasteiger partial charge in [-0.2, -0.15) is 11.8 Å². The minimum Gasteiger partial charge on any atom is -0.396 e. The molecule has 1 atom stereocenters. The van der Waals surface area contributed by atoms with Gasteiger partial charge in [0, 0.05) is 13.2 Å². The predicted molar refractivity (Wildman–Crippen MR) is 61.4 cm³/mol.